The maximum Gasteiger partial charge on any atom is 0.231 e. The van der Waals surface area contributed by atoms with Gasteiger partial charge in [0.25, 0.3) is 0 Å². The van der Waals surface area contributed by atoms with Crippen LogP contribution in [0.3, 0.4) is 0 Å². The van der Waals surface area contributed by atoms with E-state index in [2.05, 4.69) is 0 Å². The lowest BCUT2D eigenvalue weighted by Crippen LogP contribution is -2.24. The van der Waals surface area contributed by atoms with E-state index < -0.39 is 10.0 Å². The van der Waals surface area contributed by atoms with Crippen molar-refractivity contribution in [2.75, 3.05) is 24.2 Å². The zero-order valence-corrected chi connectivity index (χ0v) is 10.7. The highest BCUT2D eigenvalue weighted by Crippen LogP contribution is 2.20. The van der Waals surface area contributed by atoms with Crippen molar-refractivity contribution in [1.82, 2.24) is 0 Å². The molecule has 0 aliphatic rings. The first kappa shape index (κ1) is 13.0. The molecule has 0 aromatic heterocycles. The Morgan fingerprint density at radius 1 is 1.31 bits per heavy atom. The van der Waals surface area contributed by atoms with Gasteiger partial charge in [0.2, 0.25) is 10.0 Å². The topological polar surface area (TPSA) is 63.4 Å². The van der Waals surface area contributed by atoms with Gasteiger partial charge in [-0.2, -0.15) is 0 Å². The quantitative estimate of drug-likeness (QED) is 0.861. The van der Waals surface area contributed by atoms with Crippen LogP contribution in [0.5, 0.6) is 0 Å². The summed E-state index contributed by atoms with van der Waals surface area (Å²) in [6, 6.07) is 7.41. The monoisotopic (exact) mass is 242 g/mol. The minimum atomic E-state index is -3.19. The Hall–Kier alpha value is -1.07. The summed E-state index contributed by atoms with van der Waals surface area (Å²) >= 11 is 0. The standard InChI is InChI=1S/C11H18N2O2S/c1-9(8-12)10-4-6-11(7-5-10)13(2)16(3,14)15/h4-7,9H,8,12H2,1-3H3. The van der Waals surface area contributed by atoms with Gasteiger partial charge in [-0.3, -0.25) is 4.31 Å². The number of hydrogen-bond acceptors (Lipinski definition) is 3. The molecule has 1 atom stereocenters. The molecule has 0 heterocycles. The van der Waals surface area contributed by atoms with Gasteiger partial charge >= 0.3 is 0 Å². The SMILES string of the molecule is CC(CN)c1ccc(N(C)S(C)(=O)=O)cc1. The van der Waals surface area contributed by atoms with E-state index >= 15 is 0 Å². The molecular weight excluding hydrogens is 224 g/mol. The summed E-state index contributed by atoms with van der Waals surface area (Å²) in [5.74, 6) is 0.289. The molecule has 2 N–H and O–H groups in total. The first-order chi connectivity index (χ1) is 7.36. The van der Waals surface area contributed by atoms with Crippen LogP contribution in [0.4, 0.5) is 5.69 Å². The molecule has 90 valence electrons. The van der Waals surface area contributed by atoms with Crippen LogP contribution in [-0.2, 0) is 10.0 Å². The summed E-state index contributed by atoms with van der Waals surface area (Å²) < 4.78 is 23.9. The van der Waals surface area contributed by atoms with Crippen molar-refractivity contribution >= 4 is 15.7 Å². The largest absolute Gasteiger partial charge is 0.330 e. The first-order valence-corrected chi connectivity index (χ1v) is 6.95. The minimum absolute atomic E-state index is 0.289. The van der Waals surface area contributed by atoms with Crippen LogP contribution in [0.2, 0.25) is 0 Å². The Labute approximate surface area is 97.1 Å². The lowest BCUT2D eigenvalue weighted by molar-refractivity contribution is 0.600. The van der Waals surface area contributed by atoms with Crippen molar-refractivity contribution in [3.63, 3.8) is 0 Å². The molecule has 1 aromatic carbocycles. The summed E-state index contributed by atoms with van der Waals surface area (Å²) in [5, 5.41) is 0. The van der Waals surface area contributed by atoms with Crippen LogP contribution in [0.15, 0.2) is 24.3 Å². The summed E-state index contributed by atoms with van der Waals surface area (Å²) in [5.41, 5.74) is 7.35. The second-order valence-electron chi connectivity index (χ2n) is 3.96. The number of nitrogens with two attached hydrogens (primary N) is 1. The molecule has 0 aliphatic carbocycles. The molecule has 1 aromatic rings. The summed E-state index contributed by atoms with van der Waals surface area (Å²) in [7, 11) is -1.65. The fraction of sp³-hybridized carbons (Fsp3) is 0.455. The molecule has 0 aliphatic heterocycles. The van der Waals surface area contributed by atoms with Crippen LogP contribution < -0.4 is 10.0 Å². The molecule has 1 unspecified atom stereocenters. The predicted octanol–water partition coefficient (Wildman–Crippen LogP) is 1.14. The van der Waals surface area contributed by atoms with Crippen molar-refractivity contribution in [3.05, 3.63) is 29.8 Å². The maximum atomic E-state index is 11.3. The van der Waals surface area contributed by atoms with E-state index in [0.717, 1.165) is 5.56 Å². The highest BCUT2D eigenvalue weighted by molar-refractivity contribution is 7.92. The molecule has 0 saturated carbocycles. The van der Waals surface area contributed by atoms with Gasteiger partial charge in [-0.15, -0.1) is 0 Å². The van der Waals surface area contributed by atoms with Gasteiger partial charge in [0.05, 0.1) is 11.9 Å². The van der Waals surface area contributed by atoms with Gasteiger partial charge in [-0.25, -0.2) is 8.42 Å². The van der Waals surface area contributed by atoms with Gasteiger partial charge < -0.3 is 5.73 Å². The van der Waals surface area contributed by atoms with Crippen LogP contribution in [0, 0.1) is 0 Å². The fourth-order valence-electron chi connectivity index (χ4n) is 1.34. The molecule has 0 saturated heterocycles. The zero-order chi connectivity index (χ0) is 12.3. The van der Waals surface area contributed by atoms with Crippen LogP contribution in [-0.4, -0.2) is 28.3 Å². The number of benzene rings is 1. The van der Waals surface area contributed by atoms with Gasteiger partial charge in [-0.1, -0.05) is 19.1 Å². The number of anilines is 1. The van der Waals surface area contributed by atoms with Crippen molar-refractivity contribution in [3.8, 4) is 0 Å². The highest BCUT2D eigenvalue weighted by Gasteiger charge is 2.12. The zero-order valence-electron chi connectivity index (χ0n) is 9.84. The lowest BCUT2D eigenvalue weighted by Gasteiger charge is -2.17. The van der Waals surface area contributed by atoms with Crippen LogP contribution >= 0.6 is 0 Å². The molecule has 0 fully saturated rings. The average molecular weight is 242 g/mol. The normalized spacial score (nSPS) is 13.5. The second-order valence-corrected chi connectivity index (χ2v) is 5.97. The van der Waals surface area contributed by atoms with E-state index in [4.69, 9.17) is 5.73 Å². The summed E-state index contributed by atoms with van der Waals surface area (Å²) in [6.45, 7) is 2.62. The lowest BCUT2D eigenvalue weighted by atomic mass is 10.0. The molecule has 0 radical (unpaired) electrons. The van der Waals surface area contributed by atoms with Crippen molar-refractivity contribution < 1.29 is 8.42 Å². The first-order valence-electron chi connectivity index (χ1n) is 5.10. The Kier molecular flexibility index (Phi) is 3.93. The summed E-state index contributed by atoms with van der Waals surface area (Å²) in [6.07, 6.45) is 1.18. The molecule has 4 nitrogen and oxygen atoms in total. The highest BCUT2D eigenvalue weighted by atomic mass is 32.2. The van der Waals surface area contributed by atoms with E-state index in [0.29, 0.717) is 12.2 Å². The van der Waals surface area contributed by atoms with Crippen molar-refractivity contribution in [1.29, 1.82) is 0 Å². The van der Waals surface area contributed by atoms with E-state index in [9.17, 15) is 8.42 Å². The van der Waals surface area contributed by atoms with Gasteiger partial charge in [-0.05, 0) is 30.2 Å². The third kappa shape index (κ3) is 2.96. The number of sulfonamides is 1. The molecule has 0 bridgehead atoms. The van der Waals surface area contributed by atoms with E-state index in [1.807, 2.05) is 19.1 Å². The predicted molar refractivity (Wildman–Crippen MR) is 67.2 cm³/mol. The van der Waals surface area contributed by atoms with Gasteiger partial charge in [0.15, 0.2) is 0 Å². The fourth-order valence-corrected chi connectivity index (χ4v) is 1.85. The molecule has 0 amide bonds. The third-order valence-corrected chi connectivity index (χ3v) is 3.88. The molecule has 5 heteroatoms. The smallest absolute Gasteiger partial charge is 0.231 e. The molecule has 0 spiro atoms. The second kappa shape index (κ2) is 4.84. The number of hydrogen-bond donors (Lipinski definition) is 1. The Morgan fingerprint density at radius 2 is 1.81 bits per heavy atom. The number of rotatable bonds is 4. The molecule has 16 heavy (non-hydrogen) atoms. The minimum Gasteiger partial charge on any atom is -0.330 e. The van der Waals surface area contributed by atoms with E-state index in [1.54, 1.807) is 12.1 Å². The van der Waals surface area contributed by atoms with Crippen molar-refractivity contribution in [2.24, 2.45) is 5.73 Å². The maximum absolute atomic E-state index is 11.3. The Balaban J connectivity index is 2.96. The third-order valence-electron chi connectivity index (χ3n) is 2.68. The molecule has 1 rings (SSSR count). The average Bonchev–Trinajstić information content (AvgIpc) is 2.26. The van der Waals surface area contributed by atoms with E-state index in [1.165, 1.54) is 17.6 Å². The summed E-state index contributed by atoms with van der Waals surface area (Å²) in [4.78, 5) is 0. The Bertz CT molecular complexity index is 440. The van der Waals surface area contributed by atoms with Crippen LogP contribution in [0.25, 0.3) is 0 Å². The van der Waals surface area contributed by atoms with Gasteiger partial charge in [0.1, 0.15) is 0 Å². The van der Waals surface area contributed by atoms with Crippen LogP contribution in [0.1, 0.15) is 18.4 Å². The molecular formula is C11H18N2O2S. The Morgan fingerprint density at radius 3 is 2.19 bits per heavy atom. The van der Waals surface area contributed by atoms with Crippen molar-refractivity contribution in [2.45, 2.75) is 12.8 Å². The number of nitrogens with zero attached hydrogens (tertiary/aromatic N) is 1. The van der Waals surface area contributed by atoms with Gasteiger partial charge in [0, 0.05) is 7.05 Å². The van der Waals surface area contributed by atoms with E-state index in [-0.39, 0.29) is 5.92 Å².